The average Bonchev–Trinajstić information content (AvgIpc) is 2.76. The van der Waals surface area contributed by atoms with E-state index in [0.717, 1.165) is 35.4 Å². The molecule has 29 heavy (non-hydrogen) atoms. The van der Waals surface area contributed by atoms with E-state index in [1.165, 1.54) is 0 Å². The van der Waals surface area contributed by atoms with Crippen molar-refractivity contribution in [3.05, 3.63) is 54.1 Å². The van der Waals surface area contributed by atoms with Gasteiger partial charge in [0.2, 0.25) is 11.8 Å². The first kappa shape index (κ1) is 20.9. The van der Waals surface area contributed by atoms with Gasteiger partial charge in [-0.2, -0.15) is 0 Å². The van der Waals surface area contributed by atoms with Crippen LogP contribution >= 0.6 is 0 Å². The van der Waals surface area contributed by atoms with Crippen LogP contribution < -0.4 is 4.74 Å². The number of nitrogens with zero attached hydrogens (tertiary/aromatic N) is 2. The largest absolute Gasteiger partial charge is 0.496 e. The highest BCUT2D eigenvalue weighted by Crippen LogP contribution is 2.33. The highest BCUT2D eigenvalue weighted by molar-refractivity contribution is 5.89. The number of piperazine rings is 1. The molecule has 0 aromatic heterocycles. The molecular formula is C24H30N2O3. The van der Waals surface area contributed by atoms with Crippen molar-refractivity contribution in [3.63, 3.8) is 0 Å². The lowest BCUT2D eigenvalue weighted by molar-refractivity contribution is -0.151. The minimum Gasteiger partial charge on any atom is -0.496 e. The molecule has 5 heteroatoms. The predicted molar refractivity (Wildman–Crippen MR) is 115 cm³/mol. The van der Waals surface area contributed by atoms with Crippen molar-refractivity contribution in [2.24, 2.45) is 0 Å². The van der Waals surface area contributed by atoms with Gasteiger partial charge < -0.3 is 14.5 Å². The molecule has 0 aliphatic carbocycles. The van der Waals surface area contributed by atoms with Crippen LogP contribution in [0.5, 0.6) is 5.75 Å². The second-order valence-electron chi connectivity index (χ2n) is 7.34. The molecule has 0 bridgehead atoms. The van der Waals surface area contributed by atoms with Crippen LogP contribution in [0.1, 0.15) is 32.3 Å². The summed E-state index contributed by atoms with van der Waals surface area (Å²) in [6.07, 6.45) is 1.82. The molecule has 2 amide bonds. The van der Waals surface area contributed by atoms with Gasteiger partial charge in [0.25, 0.3) is 0 Å². The third-order valence-electron chi connectivity index (χ3n) is 5.53. The van der Waals surface area contributed by atoms with Crippen molar-refractivity contribution < 1.29 is 14.3 Å². The third-order valence-corrected chi connectivity index (χ3v) is 5.53. The predicted octanol–water partition coefficient (Wildman–Crippen LogP) is 3.76. The molecule has 5 nitrogen and oxygen atoms in total. The van der Waals surface area contributed by atoms with Crippen molar-refractivity contribution in [3.8, 4) is 16.9 Å². The Bertz CT molecular complexity index is 865. The van der Waals surface area contributed by atoms with Gasteiger partial charge in [-0.15, -0.1) is 0 Å². The van der Waals surface area contributed by atoms with Crippen molar-refractivity contribution >= 4 is 11.8 Å². The molecule has 1 unspecified atom stereocenters. The fraction of sp³-hybridized carbons (Fsp3) is 0.417. The second kappa shape index (κ2) is 9.59. The normalized spacial score (nSPS) is 16.8. The number of rotatable bonds is 7. The molecule has 0 saturated carbocycles. The van der Waals surface area contributed by atoms with Gasteiger partial charge in [0.1, 0.15) is 11.8 Å². The molecule has 0 spiro atoms. The molecule has 2 aromatic rings. The van der Waals surface area contributed by atoms with Gasteiger partial charge in [-0.05, 0) is 23.6 Å². The molecule has 1 atom stereocenters. The Hall–Kier alpha value is -2.82. The summed E-state index contributed by atoms with van der Waals surface area (Å²) in [4.78, 5) is 29.5. The maximum Gasteiger partial charge on any atom is 0.245 e. The first-order valence-electron chi connectivity index (χ1n) is 10.4. The zero-order valence-electron chi connectivity index (χ0n) is 17.6. The number of amides is 2. The molecule has 2 aromatic carbocycles. The number of benzene rings is 2. The summed E-state index contributed by atoms with van der Waals surface area (Å²) < 4.78 is 5.55. The quantitative estimate of drug-likeness (QED) is 0.718. The lowest BCUT2D eigenvalue weighted by Gasteiger charge is -2.41. The van der Waals surface area contributed by atoms with Gasteiger partial charge in [0, 0.05) is 38.0 Å². The maximum absolute atomic E-state index is 13.2. The molecule has 154 valence electrons. The first-order valence-corrected chi connectivity index (χ1v) is 10.4. The van der Waals surface area contributed by atoms with Crippen molar-refractivity contribution in [1.82, 2.24) is 9.80 Å². The van der Waals surface area contributed by atoms with Gasteiger partial charge in [-0.1, -0.05) is 56.3 Å². The maximum atomic E-state index is 13.2. The summed E-state index contributed by atoms with van der Waals surface area (Å²) in [5.41, 5.74) is 3.07. The highest BCUT2D eigenvalue weighted by Gasteiger charge is 2.36. The molecular weight excluding hydrogens is 364 g/mol. The van der Waals surface area contributed by atoms with Crippen LogP contribution in [0.2, 0.25) is 0 Å². The van der Waals surface area contributed by atoms with Crippen molar-refractivity contribution in [2.45, 2.75) is 39.2 Å². The van der Waals surface area contributed by atoms with Gasteiger partial charge in [0.05, 0.1) is 7.11 Å². The van der Waals surface area contributed by atoms with E-state index < -0.39 is 6.04 Å². The fourth-order valence-corrected chi connectivity index (χ4v) is 4.07. The Morgan fingerprint density at radius 1 is 1.03 bits per heavy atom. The molecule has 1 heterocycles. The molecule has 1 aliphatic rings. The minimum atomic E-state index is -0.460. The lowest BCUT2D eigenvalue weighted by Crippen LogP contribution is -2.59. The van der Waals surface area contributed by atoms with E-state index >= 15 is 0 Å². The van der Waals surface area contributed by atoms with Crippen LogP contribution in [0.15, 0.2) is 48.5 Å². The fourth-order valence-electron chi connectivity index (χ4n) is 4.07. The Labute approximate surface area is 173 Å². The number of ether oxygens (including phenoxy) is 1. The van der Waals surface area contributed by atoms with E-state index in [1.54, 1.807) is 12.0 Å². The summed E-state index contributed by atoms with van der Waals surface area (Å²) in [5, 5.41) is 0. The number of methoxy groups -OCH3 is 1. The van der Waals surface area contributed by atoms with Crippen molar-refractivity contribution in [2.75, 3.05) is 26.7 Å². The molecule has 0 N–H and O–H groups in total. The smallest absolute Gasteiger partial charge is 0.245 e. The Morgan fingerprint density at radius 3 is 2.41 bits per heavy atom. The molecule has 0 radical (unpaired) electrons. The summed E-state index contributed by atoms with van der Waals surface area (Å²) in [6, 6.07) is 15.5. The van der Waals surface area contributed by atoms with Crippen LogP contribution in [0.25, 0.3) is 11.1 Å². The van der Waals surface area contributed by atoms with E-state index in [1.807, 2.05) is 54.3 Å². The van der Waals surface area contributed by atoms with E-state index in [2.05, 4.69) is 13.0 Å². The SMILES string of the molecule is CCCN1CCN(C(=O)CC)C(Cc2ccccc2-c2ccccc2OC)C1=O. The van der Waals surface area contributed by atoms with Gasteiger partial charge >= 0.3 is 0 Å². The van der Waals surface area contributed by atoms with Crippen LogP contribution in [-0.2, 0) is 16.0 Å². The second-order valence-corrected chi connectivity index (χ2v) is 7.34. The standard InChI is InChI=1S/C24H30N2O3/c1-4-14-25-15-16-26(23(27)5-2)21(24(25)28)17-18-10-6-7-11-19(18)20-12-8-9-13-22(20)29-3/h6-13,21H,4-5,14-17H2,1-3H3. The minimum absolute atomic E-state index is 0.0364. The highest BCUT2D eigenvalue weighted by atomic mass is 16.5. The Kier molecular flexibility index (Phi) is 6.91. The van der Waals surface area contributed by atoms with E-state index in [0.29, 0.717) is 25.9 Å². The summed E-state index contributed by atoms with van der Waals surface area (Å²) in [5.74, 6) is 0.882. The number of hydrogen-bond donors (Lipinski definition) is 0. The summed E-state index contributed by atoms with van der Waals surface area (Å²) >= 11 is 0. The summed E-state index contributed by atoms with van der Waals surface area (Å²) in [7, 11) is 1.66. The zero-order chi connectivity index (χ0) is 20.8. The monoisotopic (exact) mass is 394 g/mol. The third kappa shape index (κ3) is 4.44. The topological polar surface area (TPSA) is 49.9 Å². The van der Waals surface area contributed by atoms with Crippen LogP contribution in [0.3, 0.4) is 0 Å². The van der Waals surface area contributed by atoms with Crippen LogP contribution in [0.4, 0.5) is 0 Å². The zero-order valence-corrected chi connectivity index (χ0v) is 17.6. The van der Waals surface area contributed by atoms with Crippen LogP contribution in [0, 0.1) is 0 Å². The Balaban J connectivity index is 1.98. The van der Waals surface area contributed by atoms with E-state index in [-0.39, 0.29) is 11.8 Å². The number of para-hydroxylation sites is 1. The van der Waals surface area contributed by atoms with Gasteiger partial charge in [-0.25, -0.2) is 0 Å². The average molecular weight is 395 g/mol. The number of hydrogen-bond acceptors (Lipinski definition) is 3. The lowest BCUT2D eigenvalue weighted by atomic mass is 9.92. The van der Waals surface area contributed by atoms with Crippen molar-refractivity contribution in [1.29, 1.82) is 0 Å². The molecule has 3 rings (SSSR count). The molecule has 1 saturated heterocycles. The molecule has 1 fully saturated rings. The van der Waals surface area contributed by atoms with E-state index in [9.17, 15) is 9.59 Å². The molecule has 1 aliphatic heterocycles. The Morgan fingerprint density at radius 2 is 1.72 bits per heavy atom. The summed E-state index contributed by atoms with van der Waals surface area (Å²) in [6.45, 7) is 5.87. The number of carbonyl (C=O) groups excluding carboxylic acids is 2. The van der Waals surface area contributed by atoms with Gasteiger partial charge in [-0.3, -0.25) is 9.59 Å². The van der Waals surface area contributed by atoms with Gasteiger partial charge in [0.15, 0.2) is 0 Å². The van der Waals surface area contributed by atoms with Crippen LogP contribution in [-0.4, -0.2) is 54.4 Å². The number of carbonyl (C=O) groups is 2. The first-order chi connectivity index (χ1) is 14.1. The van der Waals surface area contributed by atoms with E-state index in [4.69, 9.17) is 4.74 Å².